The summed E-state index contributed by atoms with van der Waals surface area (Å²) in [5.74, 6) is -0.0695. The van der Waals surface area contributed by atoms with Gasteiger partial charge < -0.3 is 15.2 Å². The first-order chi connectivity index (χ1) is 11.1. The molecule has 0 amide bonds. The number of carboxylic acids is 1. The summed E-state index contributed by atoms with van der Waals surface area (Å²) in [7, 11) is 1.63. The van der Waals surface area contributed by atoms with Crippen LogP contribution in [0.1, 0.15) is 28.3 Å². The summed E-state index contributed by atoms with van der Waals surface area (Å²) in [5, 5.41) is 15.5. The molecule has 1 saturated heterocycles. The van der Waals surface area contributed by atoms with Gasteiger partial charge >= 0.3 is 5.97 Å². The van der Waals surface area contributed by atoms with Gasteiger partial charge in [0.25, 0.3) is 0 Å². The molecule has 2 aromatic rings. The molecule has 1 aromatic carbocycles. The number of benzene rings is 1. The molecule has 3 rings (SSSR count). The van der Waals surface area contributed by atoms with Crippen LogP contribution in [0.5, 0.6) is 5.75 Å². The van der Waals surface area contributed by atoms with E-state index in [0.29, 0.717) is 6.54 Å². The minimum absolute atomic E-state index is 0.0753. The van der Waals surface area contributed by atoms with E-state index in [4.69, 9.17) is 4.74 Å². The minimum atomic E-state index is -0.928. The van der Waals surface area contributed by atoms with E-state index in [2.05, 4.69) is 5.32 Å². The lowest BCUT2D eigenvalue weighted by molar-refractivity contribution is -0.145. The predicted molar refractivity (Wildman–Crippen MR) is 91.6 cm³/mol. The van der Waals surface area contributed by atoms with Gasteiger partial charge in [0.15, 0.2) is 0 Å². The van der Waals surface area contributed by atoms with Crippen LogP contribution in [0.25, 0.3) is 0 Å². The number of hydrogen-bond donors (Lipinski definition) is 2. The normalized spacial score (nSPS) is 24.3. The van der Waals surface area contributed by atoms with Crippen LogP contribution >= 0.6 is 11.3 Å². The first-order valence-electron chi connectivity index (χ1n) is 7.72. The molecule has 1 aromatic heterocycles. The quantitative estimate of drug-likeness (QED) is 0.903. The summed E-state index contributed by atoms with van der Waals surface area (Å²) >= 11 is 1.54. The number of thiophene rings is 1. The molecule has 0 radical (unpaired) electrons. The maximum absolute atomic E-state index is 12.4. The fourth-order valence-corrected chi connectivity index (χ4v) is 4.78. The molecule has 2 atom stereocenters. The summed E-state index contributed by atoms with van der Waals surface area (Å²) in [6.07, 6.45) is 0.788. The van der Waals surface area contributed by atoms with Crippen LogP contribution in [0, 0.1) is 6.92 Å². The van der Waals surface area contributed by atoms with Crippen LogP contribution in [0.15, 0.2) is 35.7 Å². The van der Waals surface area contributed by atoms with Gasteiger partial charge in [0, 0.05) is 17.3 Å². The van der Waals surface area contributed by atoms with Gasteiger partial charge in [-0.05, 0) is 54.6 Å². The van der Waals surface area contributed by atoms with Crippen molar-refractivity contribution in [3.63, 3.8) is 0 Å². The van der Waals surface area contributed by atoms with Crippen LogP contribution in [0.3, 0.4) is 0 Å². The number of rotatable bonds is 4. The van der Waals surface area contributed by atoms with Gasteiger partial charge in [-0.1, -0.05) is 12.1 Å². The fourth-order valence-electron chi connectivity index (χ4n) is 3.60. The zero-order valence-electron chi connectivity index (χ0n) is 13.3. The third-order valence-electron chi connectivity index (χ3n) is 4.75. The third-order valence-corrected chi connectivity index (χ3v) is 5.95. The Hall–Kier alpha value is -1.85. The lowest BCUT2D eigenvalue weighted by atomic mass is 9.66. The van der Waals surface area contributed by atoms with Crippen LogP contribution in [-0.4, -0.2) is 31.3 Å². The molecule has 0 spiro atoms. The second-order valence-corrected chi connectivity index (χ2v) is 6.92. The maximum Gasteiger partial charge on any atom is 0.316 e. The van der Waals surface area contributed by atoms with E-state index in [1.54, 1.807) is 7.11 Å². The second kappa shape index (κ2) is 6.34. The van der Waals surface area contributed by atoms with Crippen LogP contribution in [-0.2, 0) is 10.2 Å². The van der Waals surface area contributed by atoms with Crippen molar-refractivity contribution in [2.75, 3.05) is 20.2 Å². The lowest BCUT2D eigenvalue weighted by Gasteiger charge is -2.41. The number of carboxylic acid groups (broad SMARTS) is 1. The monoisotopic (exact) mass is 331 g/mol. The molecule has 1 unspecified atom stereocenters. The number of ether oxygens (including phenoxy) is 1. The predicted octanol–water partition coefficient (Wildman–Crippen LogP) is 3.16. The Morgan fingerprint density at radius 3 is 2.91 bits per heavy atom. The van der Waals surface area contributed by atoms with Gasteiger partial charge in [-0.25, -0.2) is 0 Å². The summed E-state index contributed by atoms with van der Waals surface area (Å²) in [4.78, 5) is 13.3. The molecule has 1 fully saturated rings. The maximum atomic E-state index is 12.4. The number of piperidine rings is 1. The highest BCUT2D eigenvalue weighted by molar-refractivity contribution is 7.10. The molecule has 4 nitrogen and oxygen atoms in total. The molecular formula is C18H21NO3S. The highest BCUT2D eigenvalue weighted by atomic mass is 32.1. The topological polar surface area (TPSA) is 58.6 Å². The van der Waals surface area contributed by atoms with Gasteiger partial charge in [0.05, 0.1) is 7.11 Å². The van der Waals surface area contributed by atoms with Gasteiger partial charge in [-0.15, -0.1) is 11.3 Å². The van der Waals surface area contributed by atoms with E-state index >= 15 is 0 Å². The largest absolute Gasteiger partial charge is 0.497 e. The number of carbonyl (C=O) groups is 1. The van der Waals surface area contributed by atoms with Crippen molar-refractivity contribution >= 4 is 17.3 Å². The highest BCUT2D eigenvalue weighted by Crippen LogP contribution is 2.46. The number of aryl methyl sites for hydroxylation is 1. The summed E-state index contributed by atoms with van der Waals surface area (Å²) in [6, 6.07) is 9.81. The van der Waals surface area contributed by atoms with Crippen molar-refractivity contribution in [3.8, 4) is 5.75 Å². The number of hydrogen-bond acceptors (Lipinski definition) is 4. The van der Waals surface area contributed by atoms with Gasteiger partial charge in [0.2, 0.25) is 0 Å². The van der Waals surface area contributed by atoms with Crippen LogP contribution in [0.4, 0.5) is 0 Å². The Bertz CT molecular complexity index is 712. The van der Waals surface area contributed by atoms with Gasteiger partial charge in [-0.2, -0.15) is 0 Å². The van der Waals surface area contributed by atoms with E-state index in [-0.39, 0.29) is 5.92 Å². The van der Waals surface area contributed by atoms with Gasteiger partial charge in [-0.3, -0.25) is 4.79 Å². The van der Waals surface area contributed by atoms with E-state index in [1.165, 1.54) is 11.3 Å². The SMILES string of the molecule is COc1cccc(C2CCNC[C@]2(C(=O)O)c2sccc2C)c1. The smallest absolute Gasteiger partial charge is 0.316 e. The van der Waals surface area contributed by atoms with E-state index in [9.17, 15) is 9.90 Å². The Kier molecular flexibility index (Phi) is 4.41. The van der Waals surface area contributed by atoms with Crippen LogP contribution < -0.4 is 10.1 Å². The summed E-state index contributed by atoms with van der Waals surface area (Å²) in [6.45, 7) is 3.26. The first kappa shape index (κ1) is 16.0. The summed E-state index contributed by atoms with van der Waals surface area (Å²) in [5.41, 5.74) is 1.15. The van der Waals surface area contributed by atoms with Crippen LogP contribution in [0.2, 0.25) is 0 Å². The molecular weight excluding hydrogens is 310 g/mol. The molecule has 0 bridgehead atoms. The van der Waals surface area contributed by atoms with Crippen molar-refractivity contribution in [1.29, 1.82) is 0 Å². The Morgan fingerprint density at radius 1 is 1.43 bits per heavy atom. The fraction of sp³-hybridized carbons (Fsp3) is 0.389. The number of methoxy groups -OCH3 is 1. The van der Waals surface area contributed by atoms with Crippen molar-refractivity contribution < 1.29 is 14.6 Å². The number of aliphatic carboxylic acids is 1. The van der Waals surface area contributed by atoms with Gasteiger partial charge in [0.1, 0.15) is 11.2 Å². The highest BCUT2D eigenvalue weighted by Gasteiger charge is 2.51. The van der Waals surface area contributed by atoms with Crippen molar-refractivity contribution in [3.05, 3.63) is 51.7 Å². The molecule has 1 aliphatic rings. The molecule has 23 heavy (non-hydrogen) atoms. The third kappa shape index (κ3) is 2.64. The first-order valence-corrected chi connectivity index (χ1v) is 8.60. The zero-order chi connectivity index (χ0) is 16.4. The average Bonchev–Trinajstić information content (AvgIpc) is 3.01. The molecule has 1 aliphatic heterocycles. The summed E-state index contributed by atoms with van der Waals surface area (Å²) < 4.78 is 5.33. The minimum Gasteiger partial charge on any atom is -0.497 e. The average molecular weight is 331 g/mol. The number of nitrogens with one attached hydrogen (secondary N) is 1. The lowest BCUT2D eigenvalue weighted by Crippen LogP contribution is -2.53. The molecule has 0 saturated carbocycles. The van der Waals surface area contributed by atoms with E-state index in [1.807, 2.05) is 42.6 Å². The molecule has 2 N–H and O–H groups in total. The van der Waals surface area contributed by atoms with E-state index in [0.717, 1.165) is 34.7 Å². The molecule has 122 valence electrons. The Morgan fingerprint density at radius 2 is 2.26 bits per heavy atom. The van der Waals surface area contributed by atoms with Crippen molar-refractivity contribution in [1.82, 2.24) is 5.32 Å². The Balaban J connectivity index is 2.15. The van der Waals surface area contributed by atoms with E-state index < -0.39 is 11.4 Å². The Labute approximate surface area is 140 Å². The zero-order valence-corrected chi connectivity index (χ0v) is 14.2. The second-order valence-electron chi connectivity index (χ2n) is 6.00. The molecule has 5 heteroatoms. The molecule has 0 aliphatic carbocycles. The van der Waals surface area contributed by atoms with Crippen molar-refractivity contribution in [2.45, 2.75) is 24.7 Å². The molecule has 2 heterocycles. The van der Waals surface area contributed by atoms with Crippen molar-refractivity contribution in [2.24, 2.45) is 0 Å². The standard InChI is InChI=1S/C18H21NO3S/c1-12-7-9-23-16(12)18(17(20)21)11-19-8-6-15(18)13-4-3-5-14(10-13)22-2/h3-5,7,9-10,15,19H,6,8,11H2,1-2H3,(H,20,21)/t15?,18-/m1/s1.